The largest absolute Gasteiger partial charge is 0.478 e. The van der Waals surface area contributed by atoms with Crippen LogP contribution < -0.4 is 5.32 Å². The summed E-state index contributed by atoms with van der Waals surface area (Å²) in [5, 5.41) is 16.8. The zero-order chi connectivity index (χ0) is 20.1. The van der Waals surface area contributed by atoms with E-state index in [-0.39, 0.29) is 17.5 Å². The molecule has 5 rings (SSSR count). The van der Waals surface area contributed by atoms with Crippen LogP contribution in [-0.4, -0.2) is 32.8 Å². The topological polar surface area (TPSA) is 84.2 Å². The van der Waals surface area contributed by atoms with Crippen molar-refractivity contribution in [1.29, 1.82) is 0 Å². The second-order valence-electron chi connectivity index (χ2n) is 9.15. The monoisotopic (exact) mass is 393 g/mol. The summed E-state index contributed by atoms with van der Waals surface area (Å²) < 4.78 is 1.69. The fourth-order valence-corrected chi connectivity index (χ4v) is 6.06. The van der Waals surface area contributed by atoms with Crippen molar-refractivity contribution in [2.45, 2.75) is 51.5 Å². The molecule has 1 heterocycles. The fourth-order valence-electron chi connectivity index (χ4n) is 6.06. The van der Waals surface area contributed by atoms with Crippen molar-refractivity contribution < 1.29 is 14.7 Å². The van der Waals surface area contributed by atoms with Gasteiger partial charge in [0.05, 0.1) is 28.7 Å². The van der Waals surface area contributed by atoms with E-state index in [2.05, 4.69) is 10.4 Å². The zero-order valence-corrected chi connectivity index (χ0v) is 16.7. The number of benzene rings is 1. The maximum Gasteiger partial charge on any atom is 0.335 e. The highest BCUT2D eigenvalue weighted by molar-refractivity contribution is 5.95. The molecule has 3 saturated carbocycles. The maximum atomic E-state index is 13.0. The smallest absolute Gasteiger partial charge is 0.335 e. The van der Waals surface area contributed by atoms with E-state index in [4.69, 9.17) is 5.11 Å². The molecule has 3 aliphatic carbocycles. The van der Waals surface area contributed by atoms with Crippen molar-refractivity contribution in [2.75, 3.05) is 0 Å². The molecule has 1 aromatic carbocycles. The number of nitrogens with zero attached hydrogens (tertiary/aromatic N) is 2. The maximum absolute atomic E-state index is 13.0. The Hall–Kier alpha value is -2.63. The molecule has 1 amide bonds. The van der Waals surface area contributed by atoms with Crippen LogP contribution in [0.15, 0.2) is 30.5 Å². The van der Waals surface area contributed by atoms with Crippen molar-refractivity contribution in [2.24, 2.45) is 23.7 Å². The number of amides is 1. The van der Waals surface area contributed by atoms with E-state index in [0.717, 1.165) is 35.6 Å². The van der Waals surface area contributed by atoms with Gasteiger partial charge in [-0.3, -0.25) is 4.79 Å². The lowest BCUT2D eigenvalue weighted by Gasteiger charge is -2.51. The van der Waals surface area contributed by atoms with Crippen LogP contribution in [-0.2, 0) is 0 Å². The first-order chi connectivity index (χ1) is 14.0. The van der Waals surface area contributed by atoms with Crippen LogP contribution in [0.4, 0.5) is 0 Å². The summed E-state index contributed by atoms with van der Waals surface area (Å²) >= 11 is 0. The lowest BCUT2D eigenvalue weighted by atomic mass is 9.56. The Morgan fingerprint density at radius 2 is 1.79 bits per heavy atom. The van der Waals surface area contributed by atoms with Gasteiger partial charge in [0.25, 0.3) is 5.91 Å². The van der Waals surface area contributed by atoms with Gasteiger partial charge < -0.3 is 10.4 Å². The summed E-state index contributed by atoms with van der Waals surface area (Å²) in [7, 11) is 0. The van der Waals surface area contributed by atoms with Crippen molar-refractivity contribution in [1.82, 2.24) is 15.1 Å². The third kappa shape index (κ3) is 3.24. The number of aromatic carboxylic acids is 1. The summed E-state index contributed by atoms with van der Waals surface area (Å²) in [5.41, 5.74) is 2.34. The van der Waals surface area contributed by atoms with E-state index in [1.54, 1.807) is 35.1 Å². The Labute approximate surface area is 170 Å². The van der Waals surface area contributed by atoms with Crippen molar-refractivity contribution in [3.8, 4) is 5.69 Å². The lowest BCUT2D eigenvalue weighted by molar-refractivity contribution is 0.00892. The predicted molar refractivity (Wildman–Crippen MR) is 108 cm³/mol. The van der Waals surface area contributed by atoms with Gasteiger partial charge in [-0.05, 0) is 87.0 Å². The number of carbonyl (C=O) groups excluding carboxylic acids is 1. The molecular formula is C23H27N3O3. The molecule has 3 fully saturated rings. The average Bonchev–Trinajstić information content (AvgIpc) is 3.09. The molecule has 1 aromatic heterocycles. The first-order valence-electron chi connectivity index (χ1n) is 10.7. The predicted octanol–water partition coefficient (Wildman–Crippen LogP) is 3.82. The summed E-state index contributed by atoms with van der Waals surface area (Å²) in [5.74, 6) is 2.16. The Bertz CT molecular complexity index is 947. The van der Waals surface area contributed by atoms with E-state index in [1.807, 2.05) is 6.92 Å². The Morgan fingerprint density at radius 3 is 2.55 bits per heavy atom. The molecule has 0 saturated heterocycles. The van der Waals surface area contributed by atoms with Crippen LogP contribution in [0.3, 0.4) is 0 Å². The third-order valence-electron chi connectivity index (χ3n) is 7.55. The summed E-state index contributed by atoms with van der Waals surface area (Å²) in [6.07, 6.45) is 9.41. The van der Waals surface area contributed by atoms with Gasteiger partial charge >= 0.3 is 5.97 Å². The van der Waals surface area contributed by atoms with E-state index in [1.165, 1.54) is 32.1 Å². The molecule has 6 heteroatoms. The molecular weight excluding hydrogens is 366 g/mol. The minimum Gasteiger partial charge on any atom is -0.478 e. The molecule has 5 atom stereocenters. The van der Waals surface area contributed by atoms with Crippen LogP contribution in [0.1, 0.15) is 64.9 Å². The van der Waals surface area contributed by atoms with Crippen LogP contribution in [0, 0.1) is 30.6 Å². The summed E-state index contributed by atoms with van der Waals surface area (Å²) in [6.45, 7) is 1.88. The molecule has 2 N–H and O–H groups in total. The highest BCUT2D eigenvalue weighted by Crippen LogP contribution is 2.52. The van der Waals surface area contributed by atoms with Crippen LogP contribution in [0.25, 0.3) is 5.69 Å². The number of carboxylic acid groups (broad SMARTS) is 1. The number of fused-ring (bicyclic) bond motifs is 2. The van der Waals surface area contributed by atoms with Gasteiger partial charge in [0.1, 0.15) is 0 Å². The highest BCUT2D eigenvalue weighted by Gasteiger charge is 2.45. The zero-order valence-electron chi connectivity index (χ0n) is 16.7. The minimum atomic E-state index is -0.958. The average molecular weight is 393 g/mol. The fraction of sp³-hybridized carbons (Fsp3) is 0.522. The van der Waals surface area contributed by atoms with Crippen LogP contribution in [0.5, 0.6) is 0 Å². The van der Waals surface area contributed by atoms with Gasteiger partial charge in [0.2, 0.25) is 0 Å². The van der Waals surface area contributed by atoms with E-state index >= 15 is 0 Å². The molecule has 5 unspecified atom stereocenters. The lowest BCUT2D eigenvalue weighted by Crippen LogP contribution is -2.51. The van der Waals surface area contributed by atoms with Crippen molar-refractivity contribution in [3.63, 3.8) is 0 Å². The van der Waals surface area contributed by atoms with Crippen molar-refractivity contribution >= 4 is 11.9 Å². The first-order valence-corrected chi connectivity index (χ1v) is 10.7. The number of rotatable bonds is 4. The van der Waals surface area contributed by atoms with E-state index in [0.29, 0.717) is 11.5 Å². The van der Waals surface area contributed by atoms with Gasteiger partial charge in [-0.1, -0.05) is 6.42 Å². The molecule has 3 bridgehead atoms. The van der Waals surface area contributed by atoms with E-state index in [9.17, 15) is 9.59 Å². The molecule has 0 spiro atoms. The molecule has 0 radical (unpaired) electrons. The van der Waals surface area contributed by atoms with Gasteiger partial charge in [0, 0.05) is 6.04 Å². The number of carboxylic acids is 1. The SMILES string of the molecule is Cc1c(C(=O)NC2CC3CCC4CC3CC2C4)cnn1-c1ccc(C(=O)O)cc1. The molecule has 2 aromatic rings. The van der Waals surface area contributed by atoms with Gasteiger partial charge in [0.15, 0.2) is 0 Å². The molecule has 3 aliphatic rings. The van der Waals surface area contributed by atoms with Crippen LogP contribution >= 0.6 is 0 Å². The molecule has 6 nitrogen and oxygen atoms in total. The summed E-state index contributed by atoms with van der Waals surface area (Å²) in [4.78, 5) is 24.1. The Kier molecular flexibility index (Phi) is 4.45. The molecule has 29 heavy (non-hydrogen) atoms. The Balaban J connectivity index is 1.33. The Morgan fingerprint density at radius 1 is 1.03 bits per heavy atom. The number of hydrogen-bond donors (Lipinski definition) is 2. The standard InChI is InChI=1S/C23H27N3O3/c1-13-20(12-24-26(13)19-6-4-15(5-7-19)23(28)29)22(27)25-21-11-16-3-2-14-8-17(16)10-18(21)9-14/h4-7,12,14,16-18,21H,2-3,8-11H2,1H3,(H,25,27)(H,28,29). The van der Waals surface area contributed by atoms with Gasteiger partial charge in [-0.25, -0.2) is 9.48 Å². The highest BCUT2D eigenvalue weighted by atomic mass is 16.4. The number of carbonyl (C=O) groups is 2. The first kappa shape index (κ1) is 18.4. The number of nitrogens with one attached hydrogen (secondary N) is 1. The van der Waals surface area contributed by atoms with Gasteiger partial charge in [-0.15, -0.1) is 0 Å². The number of aromatic nitrogens is 2. The quantitative estimate of drug-likeness (QED) is 0.827. The summed E-state index contributed by atoms with van der Waals surface area (Å²) in [6, 6.07) is 6.81. The van der Waals surface area contributed by atoms with Gasteiger partial charge in [-0.2, -0.15) is 5.10 Å². The molecule has 0 aliphatic heterocycles. The number of hydrogen-bond acceptors (Lipinski definition) is 3. The van der Waals surface area contributed by atoms with E-state index < -0.39 is 5.97 Å². The van der Waals surface area contributed by atoms with Crippen LogP contribution in [0.2, 0.25) is 0 Å². The third-order valence-corrected chi connectivity index (χ3v) is 7.55. The second-order valence-corrected chi connectivity index (χ2v) is 9.15. The second kappa shape index (κ2) is 7.01. The van der Waals surface area contributed by atoms with Crippen molar-refractivity contribution in [3.05, 3.63) is 47.3 Å². The minimum absolute atomic E-state index is 0.0409. The normalized spacial score (nSPS) is 30.2. The molecule has 152 valence electrons.